The highest BCUT2D eigenvalue weighted by Crippen LogP contribution is 2.48. The first-order valence-electron chi connectivity index (χ1n) is 32.1. The van der Waals surface area contributed by atoms with E-state index in [0.717, 1.165) is 123 Å². The number of fused-ring (bicyclic) bond motifs is 7. The second-order valence-corrected chi connectivity index (χ2v) is 25.5. The van der Waals surface area contributed by atoms with E-state index in [-0.39, 0.29) is 18.6 Å². The van der Waals surface area contributed by atoms with Gasteiger partial charge in [0.25, 0.3) is 6.71 Å². The first-order chi connectivity index (χ1) is 46.5. The molecule has 0 aliphatic carbocycles. The van der Waals surface area contributed by atoms with Crippen molar-refractivity contribution >= 4 is 91.0 Å². The van der Waals surface area contributed by atoms with Gasteiger partial charge in [0, 0.05) is 61.6 Å². The van der Waals surface area contributed by atoms with Crippen LogP contribution in [0, 0.1) is 6.92 Å². The minimum absolute atomic E-state index is 0.124. The Morgan fingerprint density at radius 1 is 0.400 bits per heavy atom. The molecule has 95 heavy (non-hydrogen) atoms. The van der Waals surface area contributed by atoms with Crippen molar-refractivity contribution in [1.82, 2.24) is 19.5 Å². The highest BCUT2D eigenvalue weighted by atomic mass is 16.5. The summed E-state index contributed by atoms with van der Waals surface area (Å²) in [4.78, 5) is 49.2. The topological polar surface area (TPSA) is 103 Å². The number of aryl methyl sites for hydroxylation is 1. The van der Waals surface area contributed by atoms with Gasteiger partial charge in [0.05, 0.1) is 27.8 Å². The quantitative estimate of drug-likeness (QED) is 0.0825. The van der Waals surface area contributed by atoms with Crippen LogP contribution < -0.4 is 26.2 Å². The molecule has 0 spiro atoms. The fourth-order valence-corrected chi connectivity index (χ4v) is 13.6. The van der Waals surface area contributed by atoms with E-state index in [4.69, 9.17) is 24.4 Å². The second kappa shape index (κ2) is 23.9. The maximum absolute atomic E-state index is 14.4. The van der Waals surface area contributed by atoms with E-state index in [1.165, 1.54) is 5.56 Å². The van der Waals surface area contributed by atoms with Crippen molar-refractivity contribution in [3.63, 3.8) is 0 Å². The van der Waals surface area contributed by atoms with E-state index >= 15 is 0 Å². The van der Waals surface area contributed by atoms with Crippen LogP contribution in [-0.2, 0) is 28.1 Å². The molecule has 0 bridgehead atoms. The van der Waals surface area contributed by atoms with Crippen molar-refractivity contribution in [3.05, 3.63) is 318 Å². The minimum atomic E-state index is -0.471. The van der Waals surface area contributed by atoms with Crippen molar-refractivity contribution < 1.29 is 19.1 Å². The third-order valence-corrected chi connectivity index (χ3v) is 18.3. The molecule has 0 amide bonds. The lowest BCUT2D eigenvalue weighted by Crippen LogP contribution is -2.61. The first kappa shape index (κ1) is 58.2. The summed E-state index contributed by atoms with van der Waals surface area (Å²) in [5, 5.41) is 2.18. The zero-order valence-corrected chi connectivity index (χ0v) is 52.9. The molecule has 456 valence electrons. The number of carbonyl (C=O) groups excluding carboxylic acids is 2. The van der Waals surface area contributed by atoms with Gasteiger partial charge in [-0.1, -0.05) is 220 Å². The van der Waals surface area contributed by atoms with Gasteiger partial charge in [0.15, 0.2) is 17.5 Å². The Hall–Kier alpha value is -11.9. The number of benzene rings is 12. The summed E-state index contributed by atoms with van der Waals surface area (Å²) in [6.07, 6.45) is 0. The number of aromatic nitrogens is 4. The first-order valence-corrected chi connectivity index (χ1v) is 32.1. The lowest BCUT2D eigenvalue weighted by atomic mass is 9.33. The molecule has 11 heteroatoms. The van der Waals surface area contributed by atoms with Crippen LogP contribution in [0.4, 0.5) is 34.1 Å². The molecule has 0 saturated carbocycles. The maximum Gasteiger partial charge on any atom is 0.338 e. The number of hydrogen-bond acceptors (Lipinski definition) is 9. The zero-order valence-electron chi connectivity index (χ0n) is 52.9. The van der Waals surface area contributed by atoms with Crippen LogP contribution in [0.3, 0.4) is 0 Å². The maximum atomic E-state index is 14.4. The van der Waals surface area contributed by atoms with Crippen molar-refractivity contribution in [1.29, 1.82) is 0 Å². The van der Waals surface area contributed by atoms with Crippen molar-refractivity contribution in [3.8, 4) is 51.0 Å². The Morgan fingerprint density at radius 2 is 0.874 bits per heavy atom. The van der Waals surface area contributed by atoms with Crippen LogP contribution in [0.25, 0.3) is 72.8 Å². The van der Waals surface area contributed by atoms with Crippen LogP contribution in [-0.4, -0.2) is 38.2 Å². The average Bonchev–Trinajstić information content (AvgIpc) is 1.07. The van der Waals surface area contributed by atoms with Gasteiger partial charge in [0.2, 0.25) is 0 Å². The summed E-state index contributed by atoms with van der Waals surface area (Å²) in [7, 11) is 0. The highest BCUT2D eigenvalue weighted by Gasteiger charge is 2.44. The molecule has 0 atom stereocenters. The van der Waals surface area contributed by atoms with E-state index in [2.05, 4.69) is 157 Å². The Morgan fingerprint density at radius 3 is 1.38 bits per heavy atom. The van der Waals surface area contributed by atoms with Crippen LogP contribution in [0.2, 0.25) is 0 Å². The Kier molecular flexibility index (Phi) is 14.7. The molecule has 0 N–H and O–H groups in total. The molecule has 0 radical (unpaired) electrons. The van der Waals surface area contributed by atoms with Crippen LogP contribution >= 0.6 is 0 Å². The molecule has 0 saturated heterocycles. The number of rotatable bonds is 13. The smallest absolute Gasteiger partial charge is 0.338 e. The number of esters is 2. The van der Waals surface area contributed by atoms with E-state index < -0.39 is 18.7 Å². The molecule has 0 fully saturated rings. The van der Waals surface area contributed by atoms with Gasteiger partial charge in [-0.25, -0.2) is 24.5 Å². The van der Waals surface area contributed by atoms with Crippen molar-refractivity contribution in [2.24, 2.45) is 0 Å². The SMILES string of the molecule is Cc1ccc(-n2c3ccc(-c4cc5c6c(c4)N(c4ccccc4)c4ccc(C(=O)OCc7ccccc7)cc4B6c4cc(C(=O)OCc6ccccc6)ccc4N5c4ccccc4)cc3c3ccc(C(C)(C)C)cc32)c(-c2nc(-c3ccccc3)nc(-c3ccccc3)n2)c1. The average molecular weight is 1230 g/mol. The lowest BCUT2D eigenvalue weighted by Gasteiger charge is -2.44. The van der Waals surface area contributed by atoms with E-state index in [9.17, 15) is 9.59 Å². The summed E-state index contributed by atoms with van der Waals surface area (Å²) in [5.74, 6) is 0.888. The van der Waals surface area contributed by atoms with Gasteiger partial charge in [-0.3, -0.25) is 0 Å². The molecular weight excluding hydrogens is 1170 g/mol. The van der Waals surface area contributed by atoms with Gasteiger partial charge >= 0.3 is 11.9 Å². The number of carbonyl (C=O) groups is 2. The van der Waals surface area contributed by atoms with Crippen molar-refractivity contribution in [2.75, 3.05) is 9.80 Å². The molecule has 0 unspecified atom stereocenters. The summed E-state index contributed by atoms with van der Waals surface area (Å²) in [6, 6.07) is 97.4. The summed E-state index contributed by atoms with van der Waals surface area (Å²) < 4.78 is 14.5. The standard InChI is InChI=1S/C84H63BN6O4/c1-54-35-41-72(68(45-54)81-87-79(57-27-15-7-16-28-57)86-80(88-81)58-29-17-8-18-30-58)91-71-42-36-59(46-67(71)66-40-39-63(51-75(66)91)84(2,3)4)62-49-76-78-77(50-62)90(65-33-21-10-22-34-65)74-44-38-61(83(93)95-53-56-25-13-6-14-26-56)48-70(74)85(78)69-47-60(82(92)94-52-55-23-11-5-12-24-55)37-43-73(69)89(76)64-31-19-9-20-32-64/h5-51H,52-53H2,1-4H3. The second-order valence-electron chi connectivity index (χ2n) is 25.5. The fourth-order valence-electron chi connectivity index (χ4n) is 13.6. The van der Waals surface area contributed by atoms with Crippen LogP contribution in [0.5, 0.6) is 0 Å². The Labute approximate surface area is 552 Å². The Balaban J connectivity index is 0.913. The van der Waals surface area contributed by atoms with Crippen LogP contribution in [0.1, 0.15) is 63.7 Å². The molecule has 16 rings (SSSR count). The number of anilines is 6. The van der Waals surface area contributed by atoms with E-state index in [1.807, 2.05) is 170 Å². The zero-order chi connectivity index (χ0) is 64.3. The molecule has 14 aromatic rings. The van der Waals surface area contributed by atoms with Gasteiger partial charge in [0.1, 0.15) is 13.2 Å². The molecule has 4 heterocycles. The predicted molar refractivity (Wildman–Crippen MR) is 384 cm³/mol. The minimum Gasteiger partial charge on any atom is -0.457 e. The van der Waals surface area contributed by atoms with Crippen LogP contribution in [0.15, 0.2) is 285 Å². The molecular formula is C84H63BN6O4. The van der Waals surface area contributed by atoms with Gasteiger partial charge in [-0.2, -0.15) is 0 Å². The third kappa shape index (κ3) is 10.8. The van der Waals surface area contributed by atoms with E-state index in [1.54, 1.807) is 0 Å². The largest absolute Gasteiger partial charge is 0.457 e. The lowest BCUT2D eigenvalue weighted by molar-refractivity contribution is 0.0464. The Bertz CT molecular complexity index is 5060. The van der Waals surface area contributed by atoms with E-state index in [0.29, 0.717) is 28.6 Å². The molecule has 2 aliphatic heterocycles. The number of ether oxygens (including phenoxy) is 2. The highest BCUT2D eigenvalue weighted by molar-refractivity contribution is 7.00. The third-order valence-electron chi connectivity index (χ3n) is 18.3. The van der Waals surface area contributed by atoms with Gasteiger partial charge < -0.3 is 23.8 Å². The number of nitrogens with zero attached hydrogens (tertiary/aromatic N) is 6. The van der Waals surface area contributed by atoms with Gasteiger partial charge in [-0.15, -0.1) is 0 Å². The fraction of sp³-hybridized carbons (Fsp3) is 0.0833. The summed E-state index contributed by atoms with van der Waals surface area (Å²) in [6.45, 7) is 8.68. The summed E-state index contributed by atoms with van der Waals surface area (Å²) >= 11 is 0. The monoisotopic (exact) mass is 1230 g/mol. The molecule has 12 aromatic carbocycles. The van der Waals surface area contributed by atoms with Crippen molar-refractivity contribution in [2.45, 2.75) is 46.3 Å². The number of para-hydroxylation sites is 2. The number of hydrogen-bond donors (Lipinski definition) is 0. The van der Waals surface area contributed by atoms with Gasteiger partial charge in [-0.05, 0) is 148 Å². The predicted octanol–water partition coefficient (Wildman–Crippen LogP) is 18.0. The molecule has 10 nitrogen and oxygen atoms in total. The molecule has 2 aromatic heterocycles. The summed E-state index contributed by atoms with van der Waals surface area (Å²) in [5.41, 5.74) is 20.8. The normalized spacial score (nSPS) is 12.3. The molecule has 2 aliphatic rings.